The lowest BCUT2D eigenvalue weighted by atomic mass is 10.2. The van der Waals surface area contributed by atoms with E-state index in [1.165, 1.54) is 24.3 Å². The second kappa shape index (κ2) is 5.70. The van der Waals surface area contributed by atoms with Crippen LogP contribution < -0.4 is 4.18 Å². The fraction of sp³-hybridized carbons (Fsp3) is 0.0769. The standard InChI is InChI=1S/C13H11NO5S/c15-14(16)12-8-4-5-9-13(12)19-20(17,18)10-11-6-2-1-3-7-11/h1-9H,10H2. The van der Waals surface area contributed by atoms with Crippen LogP contribution in [0.4, 0.5) is 5.69 Å². The van der Waals surface area contributed by atoms with Crippen molar-refractivity contribution in [1.82, 2.24) is 0 Å². The number of rotatable bonds is 5. The van der Waals surface area contributed by atoms with Crippen molar-refractivity contribution in [3.05, 3.63) is 70.3 Å². The molecule has 6 nitrogen and oxygen atoms in total. The summed E-state index contributed by atoms with van der Waals surface area (Å²) in [7, 11) is -3.95. The summed E-state index contributed by atoms with van der Waals surface area (Å²) in [6, 6.07) is 13.8. The second-order valence-corrected chi connectivity index (χ2v) is 5.57. The van der Waals surface area contributed by atoms with E-state index in [1.807, 2.05) is 0 Å². The molecule has 0 atom stereocenters. The summed E-state index contributed by atoms with van der Waals surface area (Å²) in [5, 5.41) is 10.8. The van der Waals surface area contributed by atoms with Crippen LogP contribution in [0, 0.1) is 10.1 Å². The molecule has 7 heteroatoms. The van der Waals surface area contributed by atoms with Gasteiger partial charge >= 0.3 is 15.8 Å². The normalized spacial score (nSPS) is 11.0. The molecule has 0 amide bonds. The minimum Gasteiger partial charge on any atom is -0.375 e. The first-order valence-electron chi connectivity index (χ1n) is 5.67. The van der Waals surface area contributed by atoms with Gasteiger partial charge < -0.3 is 4.18 Å². The van der Waals surface area contributed by atoms with E-state index >= 15 is 0 Å². The van der Waals surface area contributed by atoms with Gasteiger partial charge in [-0.2, -0.15) is 8.42 Å². The number of nitro benzene ring substituents is 1. The molecule has 0 bridgehead atoms. The number of hydrogen-bond acceptors (Lipinski definition) is 5. The van der Waals surface area contributed by atoms with Gasteiger partial charge in [0.15, 0.2) is 0 Å². The summed E-state index contributed by atoms with van der Waals surface area (Å²) in [6.45, 7) is 0. The van der Waals surface area contributed by atoms with Crippen molar-refractivity contribution in [2.45, 2.75) is 5.75 Å². The zero-order valence-electron chi connectivity index (χ0n) is 10.3. The minimum absolute atomic E-state index is 0.284. The van der Waals surface area contributed by atoms with E-state index < -0.39 is 15.0 Å². The van der Waals surface area contributed by atoms with E-state index in [0.717, 1.165) is 0 Å². The van der Waals surface area contributed by atoms with E-state index in [-0.39, 0.29) is 17.2 Å². The summed E-state index contributed by atoms with van der Waals surface area (Å²) in [6.07, 6.45) is 0. The Labute approximate surface area is 115 Å². The molecule has 2 aromatic carbocycles. The largest absolute Gasteiger partial charge is 0.375 e. The highest BCUT2D eigenvalue weighted by Crippen LogP contribution is 2.27. The molecule has 0 aliphatic rings. The molecule has 0 spiro atoms. The van der Waals surface area contributed by atoms with Crippen molar-refractivity contribution in [3.8, 4) is 5.75 Å². The van der Waals surface area contributed by atoms with E-state index in [2.05, 4.69) is 0 Å². The minimum atomic E-state index is -3.95. The number of hydrogen-bond donors (Lipinski definition) is 0. The number of para-hydroxylation sites is 2. The maximum Gasteiger partial charge on any atom is 0.313 e. The lowest BCUT2D eigenvalue weighted by molar-refractivity contribution is -0.385. The highest BCUT2D eigenvalue weighted by Gasteiger charge is 2.21. The van der Waals surface area contributed by atoms with Crippen LogP contribution in [0.15, 0.2) is 54.6 Å². The summed E-state index contributed by atoms with van der Waals surface area (Å²) in [4.78, 5) is 10.1. The third kappa shape index (κ3) is 3.55. The van der Waals surface area contributed by atoms with Gasteiger partial charge in [0.05, 0.1) is 4.92 Å². The third-order valence-corrected chi connectivity index (χ3v) is 3.59. The molecule has 0 heterocycles. The molecule has 0 N–H and O–H groups in total. The molecule has 0 aliphatic carbocycles. The highest BCUT2D eigenvalue weighted by atomic mass is 32.2. The Kier molecular flexibility index (Phi) is 3.99. The maximum absolute atomic E-state index is 11.9. The Morgan fingerprint density at radius 3 is 2.25 bits per heavy atom. The number of benzene rings is 2. The van der Waals surface area contributed by atoms with Crippen LogP contribution in [-0.2, 0) is 15.9 Å². The molecular formula is C13H11NO5S. The van der Waals surface area contributed by atoms with Gasteiger partial charge in [-0.3, -0.25) is 10.1 Å². The second-order valence-electron chi connectivity index (χ2n) is 4.00. The van der Waals surface area contributed by atoms with Gasteiger partial charge in [-0.15, -0.1) is 0 Å². The van der Waals surface area contributed by atoms with Gasteiger partial charge in [0.25, 0.3) is 0 Å². The number of nitro groups is 1. The van der Waals surface area contributed by atoms with Crippen LogP contribution in [0.2, 0.25) is 0 Å². The summed E-state index contributed by atoms with van der Waals surface area (Å²) in [5.74, 6) is -0.631. The predicted octanol–water partition coefficient (Wildman–Crippen LogP) is 2.50. The highest BCUT2D eigenvalue weighted by molar-refractivity contribution is 7.86. The first kappa shape index (κ1) is 14.0. The molecule has 0 fully saturated rings. The van der Waals surface area contributed by atoms with Crippen molar-refractivity contribution in [2.75, 3.05) is 0 Å². The summed E-state index contributed by atoms with van der Waals surface area (Å²) < 4.78 is 28.6. The molecule has 0 saturated heterocycles. The Bertz CT molecular complexity index is 713. The Morgan fingerprint density at radius 2 is 1.60 bits per heavy atom. The van der Waals surface area contributed by atoms with Gasteiger partial charge in [-0.05, 0) is 11.6 Å². The average molecular weight is 293 g/mol. The summed E-state index contributed by atoms with van der Waals surface area (Å²) in [5.41, 5.74) is 0.162. The van der Waals surface area contributed by atoms with Crippen molar-refractivity contribution < 1.29 is 17.5 Å². The predicted molar refractivity (Wildman–Crippen MR) is 72.8 cm³/mol. The van der Waals surface area contributed by atoms with E-state index in [4.69, 9.17) is 4.18 Å². The monoisotopic (exact) mass is 293 g/mol. The molecule has 0 saturated carbocycles. The molecule has 0 unspecified atom stereocenters. The fourth-order valence-corrected chi connectivity index (χ4v) is 2.70. The molecule has 104 valence electrons. The van der Waals surface area contributed by atoms with E-state index in [0.29, 0.717) is 5.56 Å². The Hall–Kier alpha value is -2.41. The van der Waals surface area contributed by atoms with Crippen LogP contribution in [0.1, 0.15) is 5.56 Å². The van der Waals surface area contributed by atoms with Gasteiger partial charge in [0.1, 0.15) is 5.75 Å². The van der Waals surface area contributed by atoms with Gasteiger partial charge in [-0.25, -0.2) is 0 Å². The van der Waals surface area contributed by atoms with Crippen LogP contribution in [0.25, 0.3) is 0 Å². The zero-order valence-corrected chi connectivity index (χ0v) is 11.1. The Balaban J connectivity index is 2.23. The first-order chi connectivity index (χ1) is 9.48. The van der Waals surface area contributed by atoms with Crippen LogP contribution in [-0.4, -0.2) is 13.3 Å². The van der Waals surface area contributed by atoms with Crippen LogP contribution in [0.3, 0.4) is 0 Å². The molecule has 20 heavy (non-hydrogen) atoms. The Morgan fingerprint density at radius 1 is 1.00 bits per heavy atom. The van der Waals surface area contributed by atoms with Gasteiger partial charge in [0, 0.05) is 6.07 Å². The quantitative estimate of drug-likeness (QED) is 0.480. The van der Waals surface area contributed by atoms with Gasteiger partial charge in [-0.1, -0.05) is 42.5 Å². The summed E-state index contributed by atoms with van der Waals surface area (Å²) >= 11 is 0. The van der Waals surface area contributed by atoms with Crippen molar-refractivity contribution in [1.29, 1.82) is 0 Å². The maximum atomic E-state index is 11.9. The molecule has 0 aliphatic heterocycles. The SMILES string of the molecule is O=[N+]([O-])c1ccccc1OS(=O)(=O)Cc1ccccc1. The lowest BCUT2D eigenvalue weighted by Crippen LogP contribution is -2.12. The van der Waals surface area contributed by atoms with E-state index in [1.54, 1.807) is 30.3 Å². The van der Waals surface area contributed by atoms with Gasteiger partial charge in [0.2, 0.25) is 5.75 Å². The van der Waals surface area contributed by atoms with Crippen molar-refractivity contribution in [2.24, 2.45) is 0 Å². The zero-order chi connectivity index (χ0) is 14.6. The first-order valence-corrected chi connectivity index (χ1v) is 7.25. The van der Waals surface area contributed by atoms with Crippen molar-refractivity contribution >= 4 is 15.8 Å². The molecule has 2 rings (SSSR count). The molecule has 0 radical (unpaired) electrons. The molecule has 0 aromatic heterocycles. The third-order valence-electron chi connectivity index (χ3n) is 2.46. The fourth-order valence-electron chi connectivity index (χ4n) is 1.62. The smallest absolute Gasteiger partial charge is 0.313 e. The van der Waals surface area contributed by atoms with Crippen LogP contribution in [0.5, 0.6) is 5.75 Å². The molecule has 2 aromatic rings. The van der Waals surface area contributed by atoms with Crippen molar-refractivity contribution in [3.63, 3.8) is 0 Å². The lowest BCUT2D eigenvalue weighted by Gasteiger charge is -2.07. The molecular weight excluding hydrogens is 282 g/mol. The average Bonchev–Trinajstić information content (AvgIpc) is 2.39. The number of nitrogens with zero attached hydrogens (tertiary/aromatic N) is 1. The van der Waals surface area contributed by atoms with E-state index in [9.17, 15) is 18.5 Å². The van der Waals surface area contributed by atoms with Crippen LogP contribution >= 0.6 is 0 Å². The topological polar surface area (TPSA) is 86.5 Å².